The molecule has 1 aliphatic carbocycles. The monoisotopic (exact) mass is 662 g/mol. The molecule has 3 aromatic heterocycles. The Labute approximate surface area is 275 Å². The lowest BCUT2D eigenvalue weighted by molar-refractivity contribution is 0.171. The molecule has 14 heteroatoms. The van der Waals surface area contributed by atoms with Crippen LogP contribution in [0.3, 0.4) is 0 Å². The number of anilines is 2. The number of hydrogen-bond donors (Lipinski definition) is 2. The van der Waals surface area contributed by atoms with Gasteiger partial charge in [-0.1, -0.05) is 45.0 Å². The number of hydrogen-bond acceptors (Lipinski definition) is 10. The molecule has 250 valence electrons. The molecule has 2 amide bonds. The minimum absolute atomic E-state index is 0.156. The van der Waals surface area contributed by atoms with Gasteiger partial charge in [-0.25, -0.2) is 14.8 Å². The Hall–Kier alpha value is -4.30. The zero-order valence-corrected chi connectivity index (χ0v) is 28.2. The Morgan fingerprint density at radius 2 is 1.81 bits per heavy atom. The molecule has 0 radical (unpaired) electrons. The number of piperidine rings is 1. The number of pyridine rings is 1. The molecule has 6 rings (SSSR count). The van der Waals surface area contributed by atoms with Crippen molar-refractivity contribution in [3.63, 3.8) is 0 Å². The molecular weight excluding hydrogens is 620 g/mol. The quantitative estimate of drug-likeness (QED) is 0.233. The molecule has 0 saturated carbocycles. The second-order valence-electron chi connectivity index (χ2n) is 13.4. The van der Waals surface area contributed by atoms with Gasteiger partial charge in [0.15, 0.2) is 11.5 Å². The summed E-state index contributed by atoms with van der Waals surface area (Å²) in [6.45, 7) is 8.76. The molecule has 1 aromatic carbocycles. The van der Waals surface area contributed by atoms with Crippen LogP contribution in [0.15, 0.2) is 48.7 Å². The first kappa shape index (κ1) is 32.6. The van der Waals surface area contributed by atoms with Gasteiger partial charge < -0.3 is 15.0 Å². The maximum absolute atomic E-state index is 13.3. The number of rotatable bonds is 8. The number of urea groups is 1. The van der Waals surface area contributed by atoms with Crippen LogP contribution < -0.4 is 20.3 Å². The summed E-state index contributed by atoms with van der Waals surface area (Å²) in [5, 5.41) is 14.8. The second kappa shape index (κ2) is 13.1. The third kappa shape index (κ3) is 7.65. The second-order valence-corrected chi connectivity index (χ2v) is 15.0. The van der Waals surface area contributed by atoms with Gasteiger partial charge in [0.2, 0.25) is 5.95 Å². The van der Waals surface area contributed by atoms with Crippen molar-refractivity contribution in [3.8, 4) is 5.75 Å². The molecule has 4 heterocycles. The fourth-order valence-corrected chi connectivity index (χ4v) is 6.51. The molecule has 13 nitrogen and oxygen atoms in total. The Balaban J connectivity index is 1.17. The van der Waals surface area contributed by atoms with E-state index in [2.05, 4.69) is 42.6 Å². The number of carbonyl (C=O) groups is 1. The van der Waals surface area contributed by atoms with Crippen molar-refractivity contribution in [2.24, 2.45) is 0 Å². The van der Waals surface area contributed by atoms with Gasteiger partial charge in [-0.3, -0.25) is 13.9 Å². The summed E-state index contributed by atoms with van der Waals surface area (Å²) in [7, 11) is -3.69. The lowest BCUT2D eigenvalue weighted by atomic mass is 9.85. The first-order valence-electron chi connectivity index (χ1n) is 16.0. The van der Waals surface area contributed by atoms with E-state index < -0.39 is 16.1 Å². The maximum Gasteiger partial charge on any atom is 0.320 e. The Kier molecular flexibility index (Phi) is 9.07. The number of amides is 2. The van der Waals surface area contributed by atoms with Crippen LogP contribution in [0.5, 0.6) is 5.75 Å². The molecule has 3 atom stereocenters. The minimum Gasteiger partial charge on any atom is -0.484 e. The molecule has 0 bridgehead atoms. The van der Waals surface area contributed by atoms with E-state index in [4.69, 9.17) is 8.92 Å². The Morgan fingerprint density at radius 3 is 2.55 bits per heavy atom. The molecule has 1 aliphatic heterocycles. The smallest absolute Gasteiger partial charge is 0.320 e. The van der Waals surface area contributed by atoms with Crippen molar-refractivity contribution < 1.29 is 22.1 Å². The largest absolute Gasteiger partial charge is 0.484 e. The van der Waals surface area contributed by atoms with Gasteiger partial charge in [-0.2, -0.15) is 8.42 Å². The molecule has 1 fully saturated rings. The van der Waals surface area contributed by atoms with Crippen molar-refractivity contribution in [2.75, 3.05) is 23.0 Å². The number of nitrogens with zero attached hydrogens (tertiary/aromatic N) is 6. The normalized spacial score (nSPS) is 20.1. The molecule has 47 heavy (non-hydrogen) atoms. The molecule has 0 spiro atoms. The average molecular weight is 663 g/mol. The lowest BCUT2D eigenvalue weighted by Crippen LogP contribution is -2.38. The third-order valence-corrected chi connectivity index (χ3v) is 9.17. The van der Waals surface area contributed by atoms with Gasteiger partial charge in [0.05, 0.1) is 24.2 Å². The van der Waals surface area contributed by atoms with Crippen molar-refractivity contribution in [1.29, 1.82) is 0 Å². The summed E-state index contributed by atoms with van der Waals surface area (Å²) in [5.41, 5.74) is 3.03. The molecule has 4 aromatic rings. The van der Waals surface area contributed by atoms with Gasteiger partial charge in [-0.15, -0.1) is 10.2 Å². The van der Waals surface area contributed by atoms with Crippen LogP contribution in [0.4, 0.5) is 16.6 Å². The van der Waals surface area contributed by atoms with E-state index in [-0.39, 0.29) is 35.8 Å². The van der Waals surface area contributed by atoms with E-state index in [1.54, 1.807) is 6.07 Å². The predicted octanol–water partition coefficient (Wildman–Crippen LogP) is 5.45. The summed E-state index contributed by atoms with van der Waals surface area (Å²) in [4.78, 5) is 24.4. The van der Waals surface area contributed by atoms with Gasteiger partial charge >= 0.3 is 6.03 Å². The maximum atomic E-state index is 13.3. The number of fused-ring (bicyclic) bond motifs is 2. The summed E-state index contributed by atoms with van der Waals surface area (Å²) in [6.07, 6.45) is 7.58. The van der Waals surface area contributed by atoms with E-state index in [1.165, 1.54) is 6.42 Å². The number of ether oxygens (including phenoxy) is 1. The van der Waals surface area contributed by atoms with Crippen molar-refractivity contribution >= 4 is 33.6 Å². The molecule has 1 saturated heterocycles. The van der Waals surface area contributed by atoms with E-state index >= 15 is 0 Å². The number of carbonyl (C=O) groups excluding carboxylic acids is 1. The number of benzene rings is 1. The minimum atomic E-state index is -3.69. The van der Waals surface area contributed by atoms with E-state index in [1.807, 2.05) is 67.8 Å². The number of aromatic nitrogens is 5. The summed E-state index contributed by atoms with van der Waals surface area (Å²) >= 11 is 0. The van der Waals surface area contributed by atoms with Crippen LogP contribution in [-0.2, 0) is 26.3 Å². The van der Waals surface area contributed by atoms with Crippen LogP contribution in [-0.4, -0.2) is 57.9 Å². The topological polar surface area (TPSA) is 153 Å². The van der Waals surface area contributed by atoms with Gasteiger partial charge in [0.1, 0.15) is 24.3 Å². The van der Waals surface area contributed by atoms with Gasteiger partial charge in [0, 0.05) is 24.1 Å². The van der Waals surface area contributed by atoms with Crippen LogP contribution in [0.1, 0.15) is 94.6 Å². The standard InChI is InChI=1S/C33H42N8O5S/c1-21-10-8-9-17-40(21)32-39-38-30-16-13-22(19-41(30)32)46-26-15-14-25(23-11-6-7-12-24(23)26)34-31(42)37-28-18-27(33(2,3)4)35-29(36-28)20-45-47(5,43)44/h6-7,11-13,16,18-19,21,25-26H,8-10,14-15,17,20H2,1-5H3,(H2,34,35,36,37,42)/t21-,25-,26+/m0/s1. The highest BCUT2D eigenvalue weighted by molar-refractivity contribution is 7.85. The van der Waals surface area contributed by atoms with Crippen molar-refractivity contribution in [3.05, 3.63) is 71.3 Å². The highest BCUT2D eigenvalue weighted by Gasteiger charge is 2.30. The third-order valence-electron chi connectivity index (χ3n) is 8.62. The van der Waals surface area contributed by atoms with Crippen LogP contribution in [0, 0.1) is 0 Å². The fraction of sp³-hybridized carbons (Fsp3) is 0.485. The summed E-state index contributed by atoms with van der Waals surface area (Å²) in [6, 6.07) is 13.2. The first-order valence-corrected chi connectivity index (χ1v) is 17.8. The van der Waals surface area contributed by atoms with Crippen LogP contribution in [0.2, 0.25) is 0 Å². The van der Waals surface area contributed by atoms with Crippen molar-refractivity contribution in [1.82, 2.24) is 29.9 Å². The molecular formula is C33H42N8O5S. The Morgan fingerprint density at radius 1 is 1.02 bits per heavy atom. The van der Waals surface area contributed by atoms with E-state index in [0.29, 0.717) is 24.6 Å². The lowest BCUT2D eigenvalue weighted by Gasteiger charge is -2.33. The SMILES string of the molecule is C[C@H]1CCCCN1c1nnc2ccc(O[C@@H]3CC[C@H](NC(=O)Nc4cc(C(C)(C)C)nc(COS(C)(=O)=O)n4)c4ccccc43)cn12. The highest BCUT2D eigenvalue weighted by Crippen LogP contribution is 2.39. The van der Waals surface area contributed by atoms with Gasteiger partial charge in [0.25, 0.3) is 10.1 Å². The molecule has 2 N–H and O–H groups in total. The number of nitrogens with one attached hydrogen (secondary N) is 2. The zero-order chi connectivity index (χ0) is 33.3. The molecule has 0 unspecified atom stereocenters. The van der Waals surface area contributed by atoms with Crippen LogP contribution in [0.25, 0.3) is 5.65 Å². The summed E-state index contributed by atoms with van der Waals surface area (Å²) < 4.78 is 36.6. The summed E-state index contributed by atoms with van der Waals surface area (Å²) in [5.74, 6) is 1.97. The van der Waals surface area contributed by atoms with Crippen LogP contribution >= 0.6 is 0 Å². The highest BCUT2D eigenvalue weighted by atomic mass is 32.2. The fourth-order valence-electron chi connectivity index (χ4n) is 6.19. The Bertz CT molecular complexity index is 1870. The van der Waals surface area contributed by atoms with Crippen molar-refractivity contribution in [2.45, 2.75) is 90.0 Å². The van der Waals surface area contributed by atoms with E-state index in [0.717, 1.165) is 54.1 Å². The van der Waals surface area contributed by atoms with E-state index in [9.17, 15) is 13.2 Å². The predicted molar refractivity (Wildman–Crippen MR) is 178 cm³/mol. The van der Waals surface area contributed by atoms with Gasteiger partial charge in [-0.05, 0) is 62.3 Å². The zero-order valence-electron chi connectivity index (χ0n) is 27.4. The average Bonchev–Trinajstić information content (AvgIpc) is 3.44. The first-order chi connectivity index (χ1) is 22.3. The molecule has 2 aliphatic rings.